The zero-order valence-corrected chi connectivity index (χ0v) is 17.7. The van der Waals surface area contributed by atoms with Crippen molar-refractivity contribution in [2.24, 2.45) is 0 Å². The fraction of sp³-hybridized carbons (Fsp3) is 0.273. The third-order valence-electron chi connectivity index (χ3n) is 5.10. The second-order valence-electron chi connectivity index (χ2n) is 7.02. The Morgan fingerprint density at radius 3 is 2.73 bits per heavy atom. The molecule has 3 aromatic rings. The van der Waals surface area contributed by atoms with E-state index in [1.165, 1.54) is 24.3 Å². The summed E-state index contributed by atoms with van der Waals surface area (Å²) >= 11 is 1.47. The molecule has 6 nitrogen and oxygen atoms in total. The van der Waals surface area contributed by atoms with Gasteiger partial charge in [-0.1, -0.05) is 19.1 Å². The van der Waals surface area contributed by atoms with Crippen LogP contribution in [0.15, 0.2) is 42.6 Å². The van der Waals surface area contributed by atoms with E-state index in [4.69, 9.17) is 0 Å². The molecule has 30 heavy (non-hydrogen) atoms. The van der Waals surface area contributed by atoms with Crippen LogP contribution in [0.2, 0.25) is 0 Å². The number of anilines is 1. The second kappa shape index (κ2) is 8.49. The normalized spacial score (nSPS) is 13.2. The van der Waals surface area contributed by atoms with E-state index in [2.05, 4.69) is 14.0 Å². The molecule has 0 unspecified atom stereocenters. The van der Waals surface area contributed by atoms with E-state index in [0.29, 0.717) is 30.7 Å². The highest BCUT2D eigenvalue weighted by atomic mass is 32.2. The van der Waals surface area contributed by atoms with Crippen molar-refractivity contribution in [3.05, 3.63) is 65.1 Å². The van der Waals surface area contributed by atoms with Gasteiger partial charge in [-0.05, 0) is 36.8 Å². The fourth-order valence-corrected chi connectivity index (χ4v) is 4.48. The Morgan fingerprint density at radius 2 is 2.03 bits per heavy atom. The molecule has 0 aliphatic carbocycles. The van der Waals surface area contributed by atoms with Gasteiger partial charge in [-0.3, -0.25) is 9.78 Å². The Balaban J connectivity index is 1.81. The first-order chi connectivity index (χ1) is 14.5. The zero-order valence-electron chi connectivity index (χ0n) is 16.9. The van der Waals surface area contributed by atoms with Gasteiger partial charge in [0.25, 0.3) is 5.91 Å². The summed E-state index contributed by atoms with van der Waals surface area (Å²) in [7, 11) is 0. The zero-order chi connectivity index (χ0) is 21.3. The van der Waals surface area contributed by atoms with Crippen LogP contribution in [0.5, 0.6) is 5.75 Å². The van der Waals surface area contributed by atoms with E-state index in [1.807, 2.05) is 26.0 Å². The lowest BCUT2D eigenvalue weighted by atomic mass is 10.0. The van der Waals surface area contributed by atoms with E-state index in [0.717, 1.165) is 28.7 Å². The molecular formula is C22H23FN4O2S. The minimum absolute atomic E-state index is 0.0829. The van der Waals surface area contributed by atoms with Crippen molar-refractivity contribution in [2.45, 2.75) is 26.9 Å². The maximum atomic E-state index is 13.3. The Bertz CT molecular complexity index is 1090. The Hall–Kier alpha value is -2.84. The molecule has 0 saturated heterocycles. The molecule has 1 aliphatic heterocycles. The van der Waals surface area contributed by atoms with Crippen LogP contribution in [-0.2, 0) is 13.1 Å². The first kappa shape index (κ1) is 20.4. The highest BCUT2D eigenvalue weighted by Gasteiger charge is 2.36. The number of carbonyl (C=O) groups is 1. The quantitative estimate of drug-likeness (QED) is 0.551. The number of phenols is 1. The van der Waals surface area contributed by atoms with Crippen LogP contribution in [0.1, 0.15) is 35.3 Å². The second-order valence-corrected chi connectivity index (χ2v) is 7.93. The van der Waals surface area contributed by atoms with Gasteiger partial charge in [-0.25, -0.2) is 9.11 Å². The average molecular weight is 427 g/mol. The van der Waals surface area contributed by atoms with Gasteiger partial charge >= 0.3 is 0 Å². The van der Waals surface area contributed by atoms with Gasteiger partial charge in [0.1, 0.15) is 11.3 Å². The lowest BCUT2D eigenvalue weighted by molar-refractivity contribution is 0.0764. The van der Waals surface area contributed by atoms with Crippen LogP contribution < -0.4 is 9.03 Å². The fourth-order valence-electron chi connectivity index (χ4n) is 3.77. The van der Waals surface area contributed by atoms with Gasteiger partial charge < -0.3 is 14.3 Å². The largest absolute Gasteiger partial charge is 0.505 e. The van der Waals surface area contributed by atoms with Crippen molar-refractivity contribution in [3.63, 3.8) is 0 Å². The van der Waals surface area contributed by atoms with Gasteiger partial charge in [0.05, 0.1) is 11.3 Å². The van der Waals surface area contributed by atoms with E-state index in [1.54, 1.807) is 23.2 Å². The van der Waals surface area contributed by atoms with Gasteiger partial charge in [0.15, 0.2) is 5.75 Å². The molecular weight excluding hydrogens is 403 g/mol. The number of nitrogens with one attached hydrogen (secondary N) is 1. The molecule has 0 bridgehead atoms. The predicted molar refractivity (Wildman–Crippen MR) is 118 cm³/mol. The summed E-state index contributed by atoms with van der Waals surface area (Å²) in [5, 5.41) is 11.7. The average Bonchev–Trinajstić information content (AvgIpc) is 3.08. The smallest absolute Gasteiger partial charge is 0.258 e. The third-order valence-corrected chi connectivity index (χ3v) is 6.18. The molecule has 8 heteroatoms. The monoisotopic (exact) mass is 426 g/mol. The summed E-state index contributed by atoms with van der Waals surface area (Å²) in [4.78, 5) is 19.3. The number of phenolic OH excluding ortho intramolecular Hbond substituents is 1. The molecule has 1 aromatic heterocycles. The number of fused-ring (bicyclic) bond motifs is 2. The van der Waals surface area contributed by atoms with Gasteiger partial charge in [0, 0.05) is 55.5 Å². The number of halogens is 1. The van der Waals surface area contributed by atoms with Crippen LogP contribution in [0, 0.1) is 5.82 Å². The third kappa shape index (κ3) is 3.57. The molecule has 156 valence electrons. The van der Waals surface area contributed by atoms with Crippen molar-refractivity contribution in [2.75, 3.05) is 17.4 Å². The molecule has 0 fully saturated rings. The SMILES string of the molecule is CCNSN(CC)c1c2c(c(O)c3ncccc13)C(=O)N(Cc1ccc(F)cc1)C2. The number of carbonyl (C=O) groups excluding carboxylic acids is 1. The highest BCUT2D eigenvalue weighted by Crippen LogP contribution is 2.45. The van der Waals surface area contributed by atoms with Crippen LogP contribution >= 0.6 is 12.1 Å². The first-order valence-corrected chi connectivity index (χ1v) is 10.7. The van der Waals surface area contributed by atoms with E-state index in [-0.39, 0.29) is 17.5 Å². The lowest BCUT2D eigenvalue weighted by Gasteiger charge is -2.25. The molecule has 1 aliphatic rings. The number of hydrogen-bond acceptors (Lipinski definition) is 6. The molecule has 0 atom stereocenters. The Kier molecular flexibility index (Phi) is 5.78. The maximum absolute atomic E-state index is 13.3. The van der Waals surface area contributed by atoms with Crippen LogP contribution in [0.25, 0.3) is 10.9 Å². The molecule has 0 saturated carbocycles. The minimum Gasteiger partial charge on any atom is -0.505 e. The summed E-state index contributed by atoms with van der Waals surface area (Å²) in [6.07, 6.45) is 1.61. The van der Waals surface area contributed by atoms with Crippen LogP contribution in [0.3, 0.4) is 0 Å². The Labute approximate surface area is 179 Å². The maximum Gasteiger partial charge on any atom is 0.258 e. The Morgan fingerprint density at radius 1 is 1.27 bits per heavy atom. The van der Waals surface area contributed by atoms with E-state index >= 15 is 0 Å². The van der Waals surface area contributed by atoms with Crippen LogP contribution in [-0.4, -0.2) is 34.0 Å². The topological polar surface area (TPSA) is 68.7 Å². The summed E-state index contributed by atoms with van der Waals surface area (Å²) < 4.78 is 18.6. The predicted octanol–water partition coefficient (Wildman–Crippen LogP) is 4.23. The van der Waals surface area contributed by atoms with Gasteiger partial charge in [0.2, 0.25) is 0 Å². The molecule has 2 heterocycles. The summed E-state index contributed by atoms with van der Waals surface area (Å²) in [6, 6.07) is 9.86. The standard InChI is InChI=1S/C22H23FN4O2S/c1-3-25-30-27(4-2)20-16-6-5-11-24-19(16)21(28)18-17(20)13-26(22(18)29)12-14-7-9-15(23)10-8-14/h5-11,25,28H,3-4,12-13H2,1-2H3. The number of pyridine rings is 1. The number of aromatic hydroxyl groups is 1. The van der Waals surface area contributed by atoms with Crippen LogP contribution in [0.4, 0.5) is 10.1 Å². The number of amides is 1. The highest BCUT2D eigenvalue weighted by molar-refractivity contribution is 7.98. The van der Waals surface area contributed by atoms with Crippen molar-refractivity contribution in [1.29, 1.82) is 0 Å². The van der Waals surface area contributed by atoms with Crippen molar-refractivity contribution < 1.29 is 14.3 Å². The minimum atomic E-state index is -0.314. The van der Waals surface area contributed by atoms with Crippen molar-refractivity contribution in [1.82, 2.24) is 14.6 Å². The number of hydrogen-bond donors (Lipinski definition) is 2. The van der Waals surface area contributed by atoms with E-state index < -0.39 is 0 Å². The number of benzene rings is 2. The first-order valence-electron chi connectivity index (χ1n) is 9.88. The molecule has 4 rings (SSSR count). The molecule has 1 amide bonds. The van der Waals surface area contributed by atoms with Crippen molar-refractivity contribution >= 4 is 34.6 Å². The summed E-state index contributed by atoms with van der Waals surface area (Å²) in [5.41, 5.74) is 3.21. The van der Waals surface area contributed by atoms with Gasteiger partial charge in [-0.2, -0.15) is 0 Å². The number of rotatable bonds is 7. The summed E-state index contributed by atoms with van der Waals surface area (Å²) in [5.74, 6) is -0.642. The number of aromatic nitrogens is 1. The summed E-state index contributed by atoms with van der Waals surface area (Å²) in [6.45, 7) is 6.25. The van der Waals surface area contributed by atoms with Gasteiger partial charge in [-0.15, -0.1) is 0 Å². The van der Waals surface area contributed by atoms with Crippen molar-refractivity contribution in [3.8, 4) is 5.75 Å². The lowest BCUT2D eigenvalue weighted by Crippen LogP contribution is -2.23. The number of nitrogens with zero attached hydrogens (tertiary/aromatic N) is 3. The molecule has 0 radical (unpaired) electrons. The molecule has 2 aromatic carbocycles. The van der Waals surface area contributed by atoms with E-state index in [9.17, 15) is 14.3 Å². The molecule has 2 N–H and O–H groups in total. The molecule has 0 spiro atoms.